The Hall–Kier alpha value is -2.32. The van der Waals surface area contributed by atoms with Gasteiger partial charge in [-0.1, -0.05) is 11.6 Å². The van der Waals surface area contributed by atoms with Crippen LogP contribution in [-0.2, 0) is 11.8 Å². The fourth-order valence-electron chi connectivity index (χ4n) is 2.78. The summed E-state index contributed by atoms with van der Waals surface area (Å²) in [5.74, 6) is 0.0819. The average molecular weight is 378 g/mol. The zero-order chi connectivity index (χ0) is 17.6. The van der Waals surface area contributed by atoms with E-state index in [0.717, 1.165) is 11.1 Å². The zero-order valence-corrected chi connectivity index (χ0v) is 14.7. The first-order valence-corrected chi connectivity index (χ1v) is 8.89. The normalized spacial score (nSPS) is 17.1. The summed E-state index contributed by atoms with van der Waals surface area (Å²) in [6, 6.07) is 4.34. The van der Waals surface area contributed by atoms with Crippen molar-refractivity contribution in [2.75, 3.05) is 11.1 Å². The van der Waals surface area contributed by atoms with E-state index in [1.165, 1.54) is 28.6 Å². The summed E-state index contributed by atoms with van der Waals surface area (Å²) < 4.78 is 17.4. The van der Waals surface area contributed by atoms with Crippen LogP contribution in [0.2, 0.25) is 5.02 Å². The molecule has 1 N–H and O–H groups in total. The van der Waals surface area contributed by atoms with E-state index in [1.807, 2.05) is 13.2 Å². The van der Waals surface area contributed by atoms with Gasteiger partial charge in [-0.05, 0) is 18.2 Å². The van der Waals surface area contributed by atoms with Crippen LogP contribution < -0.4 is 5.32 Å². The number of hydrogen-bond donors (Lipinski definition) is 1. The van der Waals surface area contributed by atoms with Crippen molar-refractivity contribution in [1.29, 1.82) is 0 Å². The van der Waals surface area contributed by atoms with Gasteiger partial charge in [-0.15, -0.1) is 11.8 Å². The van der Waals surface area contributed by atoms with E-state index in [0.29, 0.717) is 10.8 Å². The average Bonchev–Trinajstić information content (AvgIpc) is 3.12. The first-order chi connectivity index (χ1) is 12.0. The Balaban J connectivity index is 1.85. The quantitative estimate of drug-likeness (QED) is 0.745. The molecule has 1 aromatic carbocycles. The predicted molar refractivity (Wildman–Crippen MR) is 94.7 cm³/mol. The highest BCUT2D eigenvalue weighted by Crippen LogP contribution is 2.42. The number of aryl methyl sites for hydroxylation is 1. The molecule has 1 atom stereocenters. The van der Waals surface area contributed by atoms with Crippen LogP contribution in [0.15, 0.2) is 36.8 Å². The minimum absolute atomic E-state index is 0.119. The highest BCUT2D eigenvalue weighted by molar-refractivity contribution is 8.00. The molecule has 0 saturated heterocycles. The smallest absolute Gasteiger partial charge is 0.235 e. The van der Waals surface area contributed by atoms with Crippen LogP contribution in [0.25, 0.3) is 5.69 Å². The Kier molecular flexibility index (Phi) is 4.01. The van der Waals surface area contributed by atoms with Gasteiger partial charge < -0.3 is 5.32 Å². The largest absolute Gasteiger partial charge is 0.310 e. The molecule has 0 radical (unpaired) electrons. The molecule has 0 saturated carbocycles. The summed E-state index contributed by atoms with van der Waals surface area (Å²) in [5, 5.41) is 11.5. The molecule has 128 valence electrons. The van der Waals surface area contributed by atoms with E-state index in [-0.39, 0.29) is 22.6 Å². The molecule has 0 bridgehead atoms. The van der Waals surface area contributed by atoms with E-state index < -0.39 is 5.82 Å². The van der Waals surface area contributed by atoms with Crippen LogP contribution in [0.4, 0.5) is 10.2 Å². The summed E-state index contributed by atoms with van der Waals surface area (Å²) in [5.41, 5.74) is 1.99. The number of amides is 1. The molecule has 2 aromatic heterocycles. The topological polar surface area (TPSA) is 64.7 Å². The van der Waals surface area contributed by atoms with Crippen molar-refractivity contribution in [3.05, 3.63) is 58.8 Å². The Morgan fingerprint density at radius 2 is 2.20 bits per heavy atom. The van der Waals surface area contributed by atoms with Crippen molar-refractivity contribution >= 4 is 35.1 Å². The Morgan fingerprint density at radius 1 is 1.36 bits per heavy atom. The van der Waals surface area contributed by atoms with Crippen molar-refractivity contribution in [3.63, 3.8) is 0 Å². The van der Waals surface area contributed by atoms with E-state index in [2.05, 4.69) is 15.5 Å². The number of carbonyl (C=O) groups excluding carboxylic acids is 1. The number of benzene rings is 1. The number of nitrogens with zero attached hydrogens (tertiary/aromatic N) is 4. The third kappa shape index (κ3) is 2.91. The molecule has 1 aliphatic heterocycles. The Labute approximate surface area is 152 Å². The minimum Gasteiger partial charge on any atom is -0.310 e. The number of anilines is 1. The fourth-order valence-corrected chi connectivity index (χ4v) is 4.00. The van der Waals surface area contributed by atoms with Crippen molar-refractivity contribution in [1.82, 2.24) is 19.6 Å². The monoisotopic (exact) mass is 377 g/mol. The number of halogens is 2. The number of nitrogens with one attached hydrogen (secondary N) is 1. The second-order valence-electron chi connectivity index (χ2n) is 5.64. The summed E-state index contributed by atoms with van der Waals surface area (Å²) >= 11 is 7.31. The predicted octanol–water partition coefficient (Wildman–Crippen LogP) is 3.17. The number of hydrogen-bond acceptors (Lipinski definition) is 4. The van der Waals surface area contributed by atoms with E-state index in [9.17, 15) is 9.18 Å². The lowest BCUT2D eigenvalue weighted by molar-refractivity contribution is -0.113. The summed E-state index contributed by atoms with van der Waals surface area (Å²) in [6.07, 6.45) is 5.31. The first-order valence-electron chi connectivity index (χ1n) is 7.46. The maximum absolute atomic E-state index is 14.3. The van der Waals surface area contributed by atoms with E-state index >= 15 is 0 Å². The molecule has 4 rings (SSSR count). The molecule has 6 nitrogen and oxygen atoms in total. The number of aromatic nitrogens is 4. The molecule has 0 spiro atoms. The maximum atomic E-state index is 14.3. The van der Waals surface area contributed by atoms with E-state index in [4.69, 9.17) is 11.6 Å². The van der Waals surface area contributed by atoms with Gasteiger partial charge in [0.2, 0.25) is 5.91 Å². The van der Waals surface area contributed by atoms with Gasteiger partial charge in [-0.25, -0.2) is 9.07 Å². The molecule has 1 amide bonds. The molecule has 9 heteroatoms. The zero-order valence-electron chi connectivity index (χ0n) is 13.1. The van der Waals surface area contributed by atoms with Gasteiger partial charge in [0.05, 0.1) is 23.4 Å². The highest BCUT2D eigenvalue weighted by Gasteiger charge is 2.29. The van der Waals surface area contributed by atoms with Crippen LogP contribution in [0.5, 0.6) is 0 Å². The van der Waals surface area contributed by atoms with Crippen LogP contribution in [0.1, 0.15) is 16.4 Å². The lowest BCUT2D eigenvalue weighted by Crippen LogP contribution is -2.16. The van der Waals surface area contributed by atoms with Crippen LogP contribution in [-0.4, -0.2) is 31.2 Å². The van der Waals surface area contributed by atoms with Gasteiger partial charge in [0.1, 0.15) is 17.3 Å². The number of rotatable bonds is 2. The van der Waals surface area contributed by atoms with Crippen molar-refractivity contribution in [2.24, 2.45) is 7.05 Å². The lowest BCUT2D eigenvalue weighted by atomic mass is 10.1. The summed E-state index contributed by atoms with van der Waals surface area (Å²) in [6.45, 7) is 0. The second-order valence-corrected chi connectivity index (χ2v) is 7.17. The molecule has 0 fully saturated rings. The number of fused-ring (bicyclic) bond motifs is 1. The fraction of sp³-hybridized carbons (Fsp3) is 0.188. The number of thioether (sulfide) groups is 1. The Bertz CT molecular complexity index is 969. The van der Waals surface area contributed by atoms with Gasteiger partial charge >= 0.3 is 0 Å². The molecular formula is C16H13ClFN5OS. The standard InChI is InChI=1S/C16H13ClFN5OS/c1-22-7-9(5-19-22)15-11-6-20-23(16(11)21-14(24)8-25-15)13-3-2-10(17)4-12(13)18/h2-7,15H,8H2,1H3,(H,21,24)/t15-/m0/s1. The first kappa shape index (κ1) is 16.2. The van der Waals surface area contributed by atoms with Gasteiger partial charge in [-0.3, -0.25) is 9.48 Å². The van der Waals surface area contributed by atoms with Gasteiger partial charge in [0, 0.05) is 29.4 Å². The van der Waals surface area contributed by atoms with Crippen LogP contribution >= 0.6 is 23.4 Å². The highest BCUT2D eigenvalue weighted by atomic mass is 35.5. The maximum Gasteiger partial charge on any atom is 0.235 e. The van der Waals surface area contributed by atoms with Crippen LogP contribution in [0, 0.1) is 5.82 Å². The lowest BCUT2D eigenvalue weighted by Gasteiger charge is -2.12. The molecule has 0 unspecified atom stereocenters. The SMILES string of the molecule is Cn1cc([C@@H]2SCC(=O)Nc3c2cnn3-c2ccc(Cl)cc2F)cn1. The molecule has 1 aliphatic rings. The van der Waals surface area contributed by atoms with Gasteiger partial charge in [-0.2, -0.15) is 10.2 Å². The molecular weight excluding hydrogens is 365 g/mol. The van der Waals surface area contributed by atoms with Gasteiger partial charge in [0.25, 0.3) is 0 Å². The summed E-state index contributed by atoms with van der Waals surface area (Å²) in [4.78, 5) is 12.1. The van der Waals surface area contributed by atoms with E-state index in [1.54, 1.807) is 23.1 Å². The molecule has 3 heterocycles. The van der Waals surface area contributed by atoms with Crippen molar-refractivity contribution in [3.8, 4) is 5.69 Å². The van der Waals surface area contributed by atoms with Gasteiger partial charge in [0.15, 0.2) is 0 Å². The third-order valence-corrected chi connectivity index (χ3v) is 5.41. The Morgan fingerprint density at radius 3 is 2.92 bits per heavy atom. The summed E-state index contributed by atoms with van der Waals surface area (Å²) in [7, 11) is 1.84. The molecule has 3 aromatic rings. The molecule has 25 heavy (non-hydrogen) atoms. The third-order valence-electron chi connectivity index (χ3n) is 3.88. The number of carbonyl (C=O) groups is 1. The van der Waals surface area contributed by atoms with Crippen molar-refractivity contribution < 1.29 is 9.18 Å². The minimum atomic E-state index is -0.512. The van der Waals surface area contributed by atoms with Crippen LogP contribution in [0.3, 0.4) is 0 Å². The molecule has 0 aliphatic carbocycles. The second kappa shape index (κ2) is 6.20. The van der Waals surface area contributed by atoms with Crippen molar-refractivity contribution in [2.45, 2.75) is 5.25 Å².